The Morgan fingerprint density at radius 3 is 2.17 bits per heavy atom. The number of hydrogen-bond acceptors (Lipinski definition) is 7. The molecule has 0 spiro atoms. The van der Waals surface area contributed by atoms with E-state index >= 15 is 0 Å². The van der Waals surface area contributed by atoms with Crippen LogP contribution in [0.5, 0.6) is 0 Å². The Morgan fingerprint density at radius 2 is 1.61 bits per heavy atom. The molecule has 1 aromatic carbocycles. The molecule has 3 aromatic heterocycles. The first kappa shape index (κ1) is 25.5. The molecule has 3 N–H and O–H groups in total. The number of hydrogen-bond donors (Lipinski definition) is 2. The third kappa shape index (κ3) is 4.90. The molecule has 0 radical (unpaired) electrons. The Kier molecular flexibility index (Phi) is 7.25. The fourth-order valence-corrected chi connectivity index (χ4v) is 4.03. The minimum atomic E-state index is -1.38. The van der Waals surface area contributed by atoms with E-state index in [-0.39, 0.29) is 26.8 Å². The number of nitrogens with two attached hydrogens (primary N) is 1. The minimum Gasteiger partial charge on any atom is -0.368 e. The highest BCUT2D eigenvalue weighted by Gasteiger charge is 2.28. The van der Waals surface area contributed by atoms with Crippen LogP contribution in [0.25, 0.3) is 10.9 Å². The van der Waals surface area contributed by atoms with Gasteiger partial charge in [0.2, 0.25) is 5.91 Å². The van der Waals surface area contributed by atoms with Gasteiger partial charge in [-0.05, 0) is 32.0 Å². The van der Waals surface area contributed by atoms with Crippen molar-refractivity contribution in [1.29, 1.82) is 0 Å². The van der Waals surface area contributed by atoms with Crippen molar-refractivity contribution in [2.24, 2.45) is 5.73 Å². The molecule has 0 aliphatic heterocycles. The molecule has 3 heterocycles. The zero-order chi connectivity index (χ0) is 26.1. The summed E-state index contributed by atoms with van der Waals surface area (Å²) >= 11 is 11.6. The summed E-state index contributed by atoms with van der Waals surface area (Å²) in [7, 11) is 0. The summed E-state index contributed by atoms with van der Waals surface area (Å²) in [5.74, 6) is -3.22. The number of pyridine rings is 1. The van der Waals surface area contributed by atoms with Crippen molar-refractivity contribution in [2.75, 3.05) is 0 Å². The molecule has 4 aromatic rings. The first-order valence-electron chi connectivity index (χ1n) is 10.6. The third-order valence-corrected chi connectivity index (χ3v) is 6.08. The number of carbonyl (C=O) groups excluding carboxylic acids is 1. The van der Waals surface area contributed by atoms with Crippen LogP contribution in [0.3, 0.4) is 0 Å². The van der Waals surface area contributed by atoms with Crippen molar-refractivity contribution >= 4 is 40.0 Å². The number of halogens is 4. The first-order valence-corrected chi connectivity index (χ1v) is 11.4. The van der Waals surface area contributed by atoms with Crippen molar-refractivity contribution in [1.82, 2.24) is 29.8 Å². The van der Waals surface area contributed by atoms with Crippen molar-refractivity contribution in [3.63, 3.8) is 0 Å². The molecule has 0 fully saturated rings. The Hall–Kier alpha value is -3.54. The van der Waals surface area contributed by atoms with E-state index in [0.717, 1.165) is 12.1 Å². The van der Waals surface area contributed by atoms with Crippen LogP contribution >= 0.6 is 23.2 Å². The van der Waals surface area contributed by atoms with E-state index in [0.29, 0.717) is 11.4 Å². The van der Waals surface area contributed by atoms with Crippen LogP contribution in [0, 0.1) is 11.6 Å². The summed E-state index contributed by atoms with van der Waals surface area (Å²) < 4.78 is 30.3. The molecule has 0 aliphatic carbocycles. The standard InChI is InChI=1S/C23H19Cl2F2N7O2/c1-10(15-6-31-18(24)8-29-15)33-21(22(28)35)13-5-12-17(4-3-14(26)20(12)27)34(23(13)36)11(2)16-7-32-19(25)9-30-16/h3-11,21,33H,1-2H3,(H2,28,35). The smallest absolute Gasteiger partial charge is 0.256 e. The van der Waals surface area contributed by atoms with Gasteiger partial charge in [0.25, 0.3) is 5.56 Å². The van der Waals surface area contributed by atoms with Gasteiger partial charge >= 0.3 is 0 Å². The van der Waals surface area contributed by atoms with Gasteiger partial charge in [-0.2, -0.15) is 0 Å². The molecule has 0 saturated heterocycles. The van der Waals surface area contributed by atoms with Crippen molar-refractivity contribution < 1.29 is 13.6 Å². The highest BCUT2D eigenvalue weighted by Crippen LogP contribution is 2.27. The van der Waals surface area contributed by atoms with Crippen molar-refractivity contribution in [3.8, 4) is 0 Å². The van der Waals surface area contributed by atoms with Crippen molar-refractivity contribution in [2.45, 2.75) is 32.0 Å². The normalized spacial score (nSPS) is 13.9. The molecule has 1 amide bonds. The molecule has 3 unspecified atom stereocenters. The predicted molar refractivity (Wildman–Crippen MR) is 130 cm³/mol. The van der Waals surface area contributed by atoms with Crippen LogP contribution in [0.4, 0.5) is 8.78 Å². The van der Waals surface area contributed by atoms with Gasteiger partial charge in [-0.15, -0.1) is 0 Å². The summed E-state index contributed by atoms with van der Waals surface area (Å²) in [6, 6.07) is 0.521. The van der Waals surface area contributed by atoms with Gasteiger partial charge in [-0.3, -0.25) is 29.4 Å². The van der Waals surface area contributed by atoms with Gasteiger partial charge in [0.05, 0.1) is 47.7 Å². The molecule has 0 bridgehead atoms. The fourth-order valence-electron chi connectivity index (χ4n) is 3.84. The van der Waals surface area contributed by atoms with Crippen LogP contribution in [0.2, 0.25) is 10.3 Å². The van der Waals surface area contributed by atoms with E-state index in [1.54, 1.807) is 13.8 Å². The largest absolute Gasteiger partial charge is 0.368 e. The molecule has 13 heteroatoms. The number of benzene rings is 1. The van der Waals surface area contributed by atoms with Gasteiger partial charge in [0.1, 0.15) is 16.3 Å². The van der Waals surface area contributed by atoms with Gasteiger partial charge in [-0.1, -0.05) is 23.2 Å². The number of fused-ring (bicyclic) bond motifs is 1. The topological polar surface area (TPSA) is 129 Å². The van der Waals surface area contributed by atoms with E-state index < -0.39 is 41.2 Å². The first-order chi connectivity index (χ1) is 17.1. The lowest BCUT2D eigenvalue weighted by Gasteiger charge is -2.24. The van der Waals surface area contributed by atoms with Gasteiger partial charge in [0.15, 0.2) is 11.6 Å². The maximum absolute atomic E-state index is 14.9. The lowest BCUT2D eigenvalue weighted by molar-refractivity contribution is -0.120. The maximum atomic E-state index is 14.9. The summed E-state index contributed by atoms with van der Waals surface area (Å²) in [5, 5.41) is 3.02. The number of aromatic nitrogens is 5. The molecular formula is C23H19Cl2F2N7O2. The summed E-state index contributed by atoms with van der Waals surface area (Å²) in [5.41, 5.74) is 5.62. The maximum Gasteiger partial charge on any atom is 0.256 e. The van der Waals surface area contributed by atoms with Crippen LogP contribution in [-0.2, 0) is 4.79 Å². The van der Waals surface area contributed by atoms with E-state index in [2.05, 4.69) is 25.3 Å². The molecule has 36 heavy (non-hydrogen) atoms. The van der Waals surface area contributed by atoms with Crippen LogP contribution in [-0.4, -0.2) is 30.4 Å². The molecule has 4 rings (SSSR count). The highest BCUT2D eigenvalue weighted by atomic mass is 35.5. The van der Waals surface area contributed by atoms with Crippen LogP contribution in [0.15, 0.2) is 47.8 Å². The lowest BCUT2D eigenvalue weighted by atomic mass is 10.0. The SMILES string of the molecule is CC(NC(C(N)=O)c1cc2c(F)c(F)ccc2n(C(C)c2cnc(Cl)cn2)c1=O)c1cnc(Cl)cn1. The van der Waals surface area contributed by atoms with Gasteiger partial charge in [0, 0.05) is 17.0 Å². The summed E-state index contributed by atoms with van der Waals surface area (Å²) in [6.07, 6.45) is 5.38. The number of primary amides is 1. The van der Waals surface area contributed by atoms with E-state index in [9.17, 15) is 18.4 Å². The Morgan fingerprint density at radius 1 is 1.00 bits per heavy atom. The fraction of sp³-hybridized carbons (Fsp3) is 0.217. The molecule has 186 valence electrons. The number of amides is 1. The van der Waals surface area contributed by atoms with E-state index in [1.807, 2.05) is 0 Å². The zero-order valence-corrected chi connectivity index (χ0v) is 20.4. The second-order valence-electron chi connectivity index (χ2n) is 8.00. The van der Waals surface area contributed by atoms with E-state index in [4.69, 9.17) is 28.9 Å². The molecule has 3 atom stereocenters. The van der Waals surface area contributed by atoms with Gasteiger partial charge in [-0.25, -0.2) is 18.7 Å². The molecular weight excluding hydrogens is 515 g/mol. The number of carbonyl (C=O) groups is 1. The second kappa shape index (κ2) is 10.2. The van der Waals surface area contributed by atoms with Crippen molar-refractivity contribution in [3.05, 3.63) is 92.2 Å². The van der Waals surface area contributed by atoms with Crippen LogP contribution in [0.1, 0.15) is 48.9 Å². The van der Waals surface area contributed by atoms with Crippen LogP contribution < -0.4 is 16.6 Å². The summed E-state index contributed by atoms with van der Waals surface area (Å²) in [6.45, 7) is 3.29. The Labute approximate surface area is 213 Å². The Bertz CT molecular complexity index is 1500. The molecule has 0 aliphatic rings. The zero-order valence-electron chi connectivity index (χ0n) is 18.9. The minimum absolute atomic E-state index is 0.0896. The summed E-state index contributed by atoms with van der Waals surface area (Å²) in [4.78, 5) is 42.5. The highest BCUT2D eigenvalue weighted by molar-refractivity contribution is 6.29. The number of rotatable bonds is 7. The average Bonchev–Trinajstić information content (AvgIpc) is 2.85. The average molecular weight is 534 g/mol. The second-order valence-corrected chi connectivity index (χ2v) is 8.77. The Balaban J connectivity index is 1.90. The monoisotopic (exact) mass is 533 g/mol. The molecule has 0 saturated carbocycles. The third-order valence-electron chi connectivity index (χ3n) is 5.69. The predicted octanol–water partition coefficient (Wildman–Crippen LogP) is 3.65. The number of nitrogens with one attached hydrogen (secondary N) is 1. The van der Waals surface area contributed by atoms with Gasteiger partial charge < -0.3 is 5.73 Å². The quantitative estimate of drug-likeness (QED) is 0.370. The molecule has 9 nitrogen and oxygen atoms in total. The number of nitrogens with zero attached hydrogens (tertiary/aromatic N) is 5. The lowest BCUT2D eigenvalue weighted by Crippen LogP contribution is -2.40. The van der Waals surface area contributed by atoms with E-state index in [1.165, 1.54) is 35.4 Å².